The van der Waals surface area contributed by atoms with E-state index in [4.69, 9.17) is 5.26 Å². The smallest absolute Gasteiger partial charge is 0.262 e. The van der Waals surface area contributed by atoms with Crippen LogP contribution in [0, 0.1) is 11.3 Å². The first kappa shape index (κ1) is 18.0. The van der Waals surface area contributed by atoms with Gasteiger partial charge in [-0.3, -0.25) is 4.79 Å². The largest absolute Gasteiger partial charge is 0.378 e. The first-order valence-corrected chi connectivity index (χ1v) is 7.98. The van der Waals surface area contributed by atoms with Crippen molar-refractivity contribution in [2.45, 2.75) is 6.54 Å². The first-order valence-electron chi connectivity index (χ1n) is 7.98. The van der Waals surface area contributed by atoms with Crippen molar-refractivity contribution in [1.82, 2.24) is 5.32 Å². The van der Waals surface area contributed by atoms with Gasteiger partial charge in [0.2, 0.25) is 0 Å². The quantitative estimate of drug-likeness (QED) is 0.500. The van der Waals surface area contributed by atoms with E-state index in [0.29, 0.717) is 6.54 Å². The average Bonchev–Trinajstić information content (AvgIpc) is 2.64. The van der Waals surface area contributed by atoms with E-state index in [9.17, 15) is 4.79 Å². The Morgan fingerprint density at radius 2 is 1.80 bits per heavy atom. The van der Waals surface area contributed by atoms with Crippen molar-refractivity contribution < 1.29 is 4.79 Å². The normalized spacial score (nSPS) is 11.2. The second kappa shape index (κ2) is 9.09. The number of allylic oxidation sites excluding steroid dienone is 2. The van der Waals surface area contributed by atoms with Gasteiger partial charge in [-0.2, -0.15) is 5.26 Å². The van der Waals surface area contributed by atoms with Crippen LogP contribution >= 0.6 is 0 Å². The van der Waals surface area contributed by atoms with E-state index in [2.05, 4.69) is 5.32 Å². The summed E-state index contributed by atoms with van der Waals surface area (Å²) in [5, 5.41) is 11.9. The number of anilines is 1. The molecule has 25 heavy (non-hydrogen) atoms. The van der Waals surface area contributed by atoms with Crippen molar-refractivity contribution >= 4 is 17.7 Å². The van der Waals surface area contributed by atoms with Gasteiger partial charge < -0.3 is 10.2 Å². The summed E-state index contributed by atoms with van der Waals surface area (Å²) in [5.41, 5.74) is 3.19. The van der Waals surface area contributed by atoms with E-state index in [1.807, 2.05) is 85.7 Å². The molecule has 0 atom stereocenters. The Hall–Kier alpha value is -3.32. The van der Waals surface area contributed by atoms with Gasteiger partial charge in [-0.05, 0) is 29.3 Å². The van der Waals surface area contributed by atoms with E-state index < -0.39 is 0 Å². The van der Waals surface area contributed by atoms with Crippen LogP contribution in [0.3, 0.4) is 0 Å². The third kappa shape index (κ3) is 5.67. The lowest BCUT2D eigenvalue weighted by atomic mass is 10.1. The molecule has 2 rings (SSSR count). The summed E-state index contributed by atoms with van der Waals surface area (Å²) in [4.78, 5) is 14.1. The Morgan fingerprint density at radius 1 is 1.12 bits per heavy atom. The predicted molar refractivity (Wildman–Crippen MR) is 102 cm³/mol. The summed E-state index contributed by atoms with van der Waals surface area (Å²) in [6.45, 7) is 0.397. The second-order valence-corrected chi connectivity index (χ2v) is 5.71. The maximum atomic E-state index is 12.1. The van der Waals surface area contributed by atoms with Gasteiger partial charge in [-0.25, -0.2) is 0 Å². The molecular formula is C21H21N3O. The minimum atomic E-state index is -0.376. The van der Waals surface area contributed by atoms with Crippen molar-refractivity contribution in [2.75, 3.05) is 19.0 Å². The van der Waals surface area contributed by atoms with Crippen LogP contribution in [0.2, 0.25) is 0 Å². The van der Waals surface area contributed by atoms with Crippen molar-refractivity contribution in [1.29, 1.82) is 5.26 Å². The van der Waals surface area contributed by atoms with Gasteiger partial charge in [0.1, 0.15) is 11.6 Å². The first-order chi connectivity index (χ1) is 12.1. The molecule has 1 N–H and O–H groups in total. The minimum Gasteiger partial charge on any atom is -0.378 e. The van der Waals surface area contributed by atoms with Gasteiger partial charge in [0.15, 0.2) is 0 Å². The number of carbonyl (C=O) groups is 1. The van der Waals surface area contributed by atoms with Gasteiger partial charge in [-0.1, -0.05) is 54.6 Å². The molecule has 0 aliphatic carbocycles. The SMILES string of the molecule is CN(C)c1ccc(C=CC=C(C#N)C(=O)NCc2ccccc2)cc1. The van der Waals surface area contributed by atoms with Gasteiger partial charge in [0, 0.05) is 26.3 Å². The standard InChI is InChI=1S/C21H21N3O/c1-24(2)20-13-11-17(12-14-20)9-6-10-19(15-22)21(25)23-16-18-7-4-3-5-8-18/h3-14H,16H2,1-2H3,(H,23,25). The second-order valence-electron chi connectivity index (χ2n) is 5.71. The molecule has 1 amide bonds. The molecule has 2 aromatic rings. The van der Waals surface area contributed by atoms with Gasteiger partial charge >= 0.3 is 0 Å². The lowest BCUT2D eigenvalue weighted by Gasteiger charge is -2.11. The van der Waals surface area contributed by atoms with Gasteiger partial charge in [0.05, 0.1) is 0 Å². The summed E-state index contributed by atoms with van der Waals surface area (Å²) in [5.74, 6) is -0.376. The van der Waals surface area contributed by atoms with Gasteiger partial charge in [-0.15, -0.1) is 0 Å². The molecule has 0 radical (unpaired) electrons. The van der Waals surface area contributed by atoms with E-state index in [1.54, 1.807) is 6.08 Å². The number of hydrogen-bond acceptors (Lipinski definition) is 3. The maximum absolute atomic E-state index is 12.1. The number of amides is 1. The fourth-order valence-electron chi connectivity index (χ4n) is 2.18. The highest BCUT2D eigenvalue weighted by Gasteiger charge is 2.06. The highest BCUT2D eigenvalue weighted by Crippen LogP contribution is 2.13. The molecule has 0 aliphatic heterocycles. The van der Waals surface area contributed by atoms with Crippen molar-refractivity contribution in [3.05, 3.63) is 83.4 Å². The summed E-state index contributed by atoms with van der Waals surface area (Å²) in [7, 11) is 3.97. The van der Waals surface area contributed by atoms with Crippen molar-refractivity contribution in [2.24, 2.45) is 0 Å². The molecule has 0 saturated carbocycles. The lowest BCUT2D eigenvalue weighted by molar-refractivity contribution is -0.117. The molecule has 0 aromatic heterocycles. The third-order valence-electron chi connectivity index (χ3n) is 3.62. The molecule has 4 nitrogen and oxygen atoms in total. The van der Waals surface area contributed by atoms with Crippen LogP contribution in [-0.2, 0) is 11.3 Å². The van der Waals surface area contributed by atoms with Crippen LogP contribution in [0.15, 0.2) is 72.3 Å². The molecule has 4 heteroatoms. The lowest BCUT2D eigenvalue weighted by Crippen LogP contribution is -2.23. The fraction of sp³-hybridized carbons (Fsp3) is 0.143. The maximum Gasteiger partial charge on any atom is 0.262 e. The zero-order valence-electron chi connectivity index (χ0n) is 14.4. The molecule has 0 fully saturated rings. The molecule has 0 aliphatic rings. The van der Waals surface area contributed by atoms with Crippen LogP contribution in [-0.4, -0.2) is 20.0 Å². The Morgan fingerprint density at radius 3 is 2.40 bits per heavy atom. The van der Waals surface area contributed by atoms with Crippen LogP contribution in [0.25, 0.3) is 6.08 Å². The Kier molecular flexibility index (Phi) is 6.56. The summed E-state index contributed by atoms with van der Waals surface area (Å²) in [6.07, 6.45) is 5.10. The monoisotopic (exact) mass is 331 g/mol. The Balaban J connectivity index is 1.96. The minimum absolute atomic E-state index is 0.0806. The van der Waals surface area contributed by atoms with Crippen LogP contribution in [0.5, 0.6) is 0 Å². The average molecular weight is 331 g/mol. The van der Waals surface area contributed by atoms with Crippen molar-refractivity contribution in [3.8, 4) is 6.07 Å². The molecule has 0 unspecified atom stereocenters. The molecular weight excluding hydrogens is 310 g/mol. The van der Waals surface area contributed by atoms with Crippen LogP contribution in [0.1, 0.15) is 11.1 Å². The fourth-order valence-corrected chi connectivity index (χ4v) is 2.18. The number of benzene rings is 2. The van der Waals surface area contributed by atoms with Crippen LogP contribution < -0.4 is 10.2 Å². The Bertz CT molecular complexity index is 797. The molecule has 0 bridgehead atoms. The highest BCUT2D eigenvalue weighted by atomic mass is 16.1. The van der Waals surface area contributed by atoms with Gasteiger partial charge in [0.25, 0.3) is 5.91 Å². The van der Waals surface area contributed by atoms with Crippen LogP contribution in [0.4, 0.5) is 5.69 Å². The zero-order valence-corrected chi connectivity index (χ0v) is 14.4. The number of nitrogens with zero attached hydrogens (tertiary/aromatic N) is 2. The number of hydrogen-bond donors (Lipinski definition) is 1. The van der Waals surface area contributed by atoms with E-state index in [-0.39, 0.29) is 11.5 Å². The topological polar surface area (TPSA) is 56.1 Å². The third-order valence-corrected chi connectivity index (χ3v) is 3.62. The molecule has 126 valence electrons. The summed E-state index contributed by atoms with van der Waals surface area (Å²) in [6, 6.07) is 19.5. The predicted octanol–water partition coefficient (Wildman–Crippen LogP) is 3.53. The number of carbonyl (C=O) groups excluding carboxylic acids is 1. The summed E-state index contributed by atoms with van der Waals surface area (Å²) < 4.78 is 0. The summed E-state index contributed by atoms with van der Waals surface area (Å²) >= 11 is 0. The number of nitrogens with one attached hydrogen (secondary N) is 1. The zero-order chi connectivity index (χ0) is 18.1. The van der Waals surface area contributed by atoms with E-state index in [1.165, 1.54) is 6.08 Å². The molecule has 2 aromatic carbocycles. The highest BCUT2D eigenvalue weighted by molar-refractivity contribution is 5.97. The molecule has 0 saturated heterocycles. The number of rotatable bonds is 6. The molecule has 0 spiro atoms. The van der Waals surface area contributed by atoms with E-state index in [0.717, 1.165) is 16.8 Å². The molecule has 0 heterocycles. The number of nitriles is 1. The van der Waals surface area contributed by atoms with Crippen molar-refractivity contribution in [3.63, 3.8) is 0 Å². The Labute approximate surface area is 148 Å². The van der Waals surface area contributed by atoms with E-state index >= 15 is 0 Å².